The number of amides is 1. The van der Waals surface area contributed by atoms with E-state index in [0.717, 1.165) is 33.8 Å². The molecule has 1 aliphatic heterocycles. The monoisotopic (exact) mass is 522 g/mol. The molecule has 5 atom stereocenters. The summed E-state index contributed by atoms with van der Waals surface area (Å²) >= 11 is 0. The third kappa shape index (κ3) is 9.00. The fourth-order valence-electron chi connectivity index (χ4n) is 3.45. The number of esters is 4. The lowest BCUT2D eigenvalue weighted by Gasteiger charge is -2.44. The number of carbonyl (C=O) groups excluding carboxylic acids is 5. The van der Waals surface area contributed by atoms with Crippen LogP contribution in [0.2, 0.25) is 0 Å². The number of nitro groups is 1. The Hall–Kier alpha value is -4.33. The van der Waals surface area contributed by atoms with Crippen LogP contribution in [0.3, 0.4) is 0 Å². The first-order valence-corrected chi connectivity index (χ1v) is 10.9. The third-order valence-corrected chi connectivity index (χ3v) is 4.80. The van der Waals surface area contributed by atoms with Crippen LogP contribution in [0.4, 0.5) is 5.69 Å². The molecule has 2 rings (SSSR count). The molecule has 1 fully saturated rings. The molecule has 14 nitrogen and oxygen atoms in total. The van der Waals surface area contributed by atoms with E-state index in [1.165, 1.54) is 30.3 Å². The number of nitro benzene ring substituents is 1. The van der Waals surface area contributed by atoms with Gasteiger partial charge in [-0.1, -0.05) is 12.1 Å². The Morgan fingerprint density at radius 2 is 1.59 bits per heavy atom. The van der Waals surface area contributed by atoms with Gasteiger partial charge in [0.05, 0.1) is 4.92 Å². The fraction of sp³-hybridized carbons (Fsp3) is 0.435. The molecule has 1 aromatic carbocycles. The number of nitrogens with zero attached hydrogens (tertiary/aromatic N) is 1. The van der Waals surface area contributed by atoms with Gasteiger partial charge >= 0.3 is 23.9 Å². The van der Waals surface area contributed by atoms with E-state index in [1.807, 2.05) is 0 Å². The number of nitrogens with one attached hydrogen (secondary N) is 1. The average Bonchev–Trinajstić information content (AvgIpc) is 2.79. The smallest absolute Gasteiger partial charge is 0.305 e. The Bertz CT molecular complexity index is 1090. The largest absolute Gasteiger partial charge is 0.463 e. The van der Waals surface area contributed by atoms with E-state index in [-0.39, 0.29) is 5.69 Å². The van der Waals surface area contributed by atoms with Gasteiger partial charge in [-0.2, -0.15) is 0 Å². The van der Waals surface area contributed by atoms with Crippen molar-refractivity contribution >= 4 is 41.5 Å². The standard InChI is InChI=1S/C23H26N2O12/c1-12(26)33-11-18-21(34-13(2)27)22(35-14(3)28)20(23(37-18)36-15(4)29)24-19(30)9-8-16-6-5-7-17(10-16)25(31)32/h5-10,18,20-23H,11H2,1-4H3,(H,24,30)/b9-8+/t18-,20+,21-,22-,23-/m0/s1. The lowest BCUT2D eigenvalue weighted by Crippen LogP contribution is -2.66. The molecular weight excluding hydrogens is 496 g/mol. The van der Waals surface area contributed by atoms with E-state index < -0.39 is 72.0 Å². The van der Waals surface area contributed by atoms with Crippen molar-refractivity contribution < 1.29 is 52.6 Å². The molecule has 0 saturated carbocycles. The molecule has 1 heterocycles. The van der Waals surface area contributed by atoms with Crippen LogP contribution in [0.15, 0.2) is 30.3 Å². The average molecular weight is 522 g/mol. The van der Waals surface area contributed by atoms with Crippen molar-refractivity contribution in [2.45, 2.75) is 58.3 Å². The summed E-state index contributed by atoms with van der Waals surface area (Å²) in [5.41, 5.74) is 0.160. The van der Waals surface area contributed by atoms with Crippen molar-refractivity contribution in [2.75, 3.05) is 6.61 Å². The van der Waals surface area contributed by atoms with Gasteiger partial charge in [0.25, 0.3) is 5.69 Å². The minimum Gasteiger partial charge on any atom is -0.463 e. The Morgan fingerprint density at radius 3 is 2.16 bits per heavy atom. The molecule has 200 valence electrons. The maximum Gasteiger partial charge on any atom is 0.305 e. The Kier molecular flexibility index (Phi) is 10.2. The van der Waals surface area contributed by atoms with Crippen LogP contribution in [0.25, 0.3) is 6.08 Å². The molecule has 1 amide bonds. The maximum atomic E-state index is 12.7. The third-order valence-electron chi connectivity index (χ3n) is 4.80. The molecule has 0 bridgehead atoms. The predicted octanol–water partition coefficient (Wildman–Crippen LogP) is 0.807. The van der Waals surface area contributed by atoms with Gasteiger partial charge in [0.1, 0.15) is 18.8 Å². The fourth-order valence-corrected chi connectivity index (χ4v) is 3.45. The van der Waals surface area contributed by atoms with Gasteiger partial charge in [0, 0.05) is 45.9 Å². The van der Waals surface area contributed by atoms with Gasteiger partial charge < -0.3 is 29.0 Å². The maximum absolute atomic E-state index is 12.7. The number of hydrogen-bond donors (Lipinski definition) is 1. The second-order valence-corrected chi connectivity index (χ2v) is 7.82. The van der Waals surface area contributed by atoms with E-state index in [1.54, 1.807) is 0 Å². The molecule has 1 saturated heterocycles. The summed E-state index contributed by atoms with van der Waals surface area (Å²) in [6.45, 7) is 3.92. The lowest BCUT2D eigenvalue weighted by atomic mass is 9.96. The summed E-state index contributed by atoms with van der Waals surface area (Å²) in [6.07, 6.45) is -3.21. The zero-order chi connectivity index (χ0) is 27.7. The predicted molar refractivity (Wildman–Crippen MR) is 122 cm³/mol. The molecule has 0 aliphatic carbocycles. The highest BCUT2D eigenvalue weighted by Crippen LogP contribution is 2.28. The van der Waals surface area contributed by atoms with Gasteiger partial charge in [0.15, 0.2) is 12.2 Å². The first kappa shape index (κ1) is 28.9. The molecule has 0 spiro atoms. The van der Waals surface area contributed by atoms with E-state index in [9.17, 15) is 34.1 Å². The van der Waals surface area contributed by atoms with Crippen molar-refractivity contribution in [1.82, 2.24) is 5.32 Å². The quantitative estimate of drug-likeness (QED) is 0.158. The normalized spacial score (nSPS) is 23.0. The summed E-state index contributed by atoms with van der Waals surface area (Å²) < 4.78 is 26.4. The molecule has 0 unspecified atom stereocenters. The van der Waals surface area contributed by atoms with Crippen molar-refractivity contribution in [3.05, 3.63) is 46.0 Å². The van der Waals surface area contributed by atoms with Crippen molar-refractivity contribution in [3.63, 3.8) is 0 Å². The molecule has 37 heavy (non-hydrogen) atoms. The number of carbonyl (C=O) groups is 5. The first-order chi connectivity index (χ1) is 17.4. The van der Waals surface area contributed by atoms with Crippen LogP contribution >= 0.6 is 0 Å². The lowest BCUT2D eigenvalue weighted by molar-refractivity contribution is -0.384. The summed E-state index contributed by atoms with van der Waals surface area (Å²) in [7, 11) is 0. The number of hydrogen-bond acceptors (Lipinski definition) is 12. The molecule has 1 aliphatic rings. The zero-order valence-corrected chi connectivity index (χ0v) is 20.4. The van der Waals surface area contributed by atoms with Crippen LogP contribution in [-0.4, -0.2) is 72.0 Å². The highest BCUT2D eigenvalue weighted by atomic mass is 16.7. The minimum absolute atomic E-state index is 0.184. The molecular formula is C23H26N2O12. The Labute approximate surface area is 211 Å². The molecule has 14 heteroatoms. The van der Waals surface area contributed by atoms with Gasteiger partial charge in [0.2, 0.25) is 12.2 Å². The van der Waals surface area contributed by atoms with E-state index >= 15 is 0 Å². The van der Waals surface area contributed by atoms with Gasteiger partial charge in [-0.15, -0.1) is 0 Å². The summed E-state index contributed by atoms with van der Waals surface area (Å²) in [4.78, 5) is 69.9. The topological polar surface area (TPSA) is 187 Å². The second-order valence-electron chi connectivity index (χ2n) is 7.82. The first-order valence-electron chi connectivity index (χ1n) is 10.9. The summed E-state index contributed by atoms with van der Waals surface area (Å²) in [6, 6.07) is 4.12. The van der Waals surface area contributed by atoms with Gasteiger partial charge in [-0.25, -0.2) is 0 Å². The summed E-state index contributed by atoms with van der Waals surface area (Å²) in [5.74, 6) is -3.88. The second kappa shape index (κ2) is 13.1. The SMILES string of the molecule is CC(=O)OC[C@@H]1O[C@H](OC(C)=O)[C@H](NC(=O)/C=C/c2cccc([N+](=O)[O-])c2)[C@H](OC(C)=O)[C@H]1OC(C)=O. The van der Waals surface area contributed by atoms with Crippen molar-refractivity contribution in [3.8, 4) is 0 Å². The van der Waals surface area contributed by atoms with Crippen LogP contribution in [0.5, 0.6) is 0 Å². The van der Waals surface area contributed by atoms with E-state index in [0.29, 0.717) is 5.56 Å². The molecule has 0 radical (unpaired) electrons. The Morgan fingerprint density at radius 1 is 0.973 bits per heavy atom. The minimum atomic E-state index is -1.54. The molecule has 1 N–H and O–H groups in total. The number of ether oxygens (including phenoxy) is 5. The van der Waals surface area contributed by atoms with E-state index in [4.69, 9.17) is 23.7 Å². The molecule has 0 aromatic heterocycles. The Balaban J connectivity index is 2.38. The highest BCUT2D eigenvalue weighted by molar-refractivity contribution is 5.92. The number of rotatable bonds is 9. The summed E-state index contributed by atoms with van der Waals surface area (Å²) in [5, 5.41) is 13.4. The number of benzene rings is 1. The van der Waals surface area contributed by atoms with Crippen LogP contribution in [0, 0.1) is 10.1 Å². The van der Waals surface area contributed by atoms with Crippen molar-refractivity contribution in [1.29, 1.82) is 0 Å². The highest BCUT2D eigenvalue weighted by Gasteiger charge is 2.52. The van der Waals surface area contributed by atoms with Crippen LogP contribution in [-0.2, 0) is 47.7 Å². The van der Waals surface area contributed by atoms with Crippen LogP contribution in [0.1, 0.15) is 33.3 Å². The van der Waals surface area contributed by atoms with Crippen LogP contribution < -0.4 is 5.32 Å². The zero-order valence-electron chi connectivity index (χ0n) is 20.4. The molecule has 1 aromatic rings. The van der Waals surface area contributed by atoms with Gasteiger partial charge in [-0.05, 0) is 11.6 Å². The van der Waals surface area contributed by atoms with E-state index in [2.05, 4.69) is 5.32 Å². The number of non-ortho nitro benzene ring substituents is 1. The van der Waals surface area contributed by atoms with Crippen molar-refractivity contribution in [2.24, 2.45) is 0 Å². The van der Waals surface area contributed by atoms with Gasteiger partial charge in [-0.3, -0.25) is 34.1 Å².